The van der Waals surface area contributed by atoms with Crippen molar-refractivity contribution in [3.63, 3.8) is 0 Å². The van der Waals surface area contributed by atoms with Crippen molar-refractivity contribution in [3.05, 3.63) is 18.2 Å². The van der Waals surface area contributed by atoms with Gasteiger partial charge in [-0.3, -0.25) is 0 Å². The summed E-state index contributed by atoms with van der Waals surface area (Å²) in [6, 6.07) is 2.02. The SMILES string of the molecule is Cn1cnc(CC#N)c1. The summed E-state index contributed by atoms with van der Waals surface area (Å²) in [5.41, 5.74) is 0.833. The molecule has 9 heavy (non-hydrogen) atoms. The smallest absolute Gasteiger partial charge is 0.0947 e. The van der Waals surface area contributed by atoms with E-state index >= 15 is 0 Å². The first-order chi connectivity index (χ1) is 4.33. The van der Waals surface area contributed by atoms with E-state index in [2.05, 4.69) is 4.98 Å². The van der Waals surface area contributed by atoms with Crippen molar-refractivity contribution >= 4 is 0 Å². The summed E-state index contributed by atoms with van der Waals surface area (Å²) in [4.78, 5) is 3.95. The van der Waals surface area contributed by atoms with Crippen LogP contribution in [0.5, 0.6) is 0 Å². The molecule has 0 fully saturated rings. The molecular formula is C6H7N3. The van der Waals surface area contributed by atoms with Crippen molar-refractivity contribution in [2.75, 3.05) is 0 Å². The van der Waals surface area contributed by atoms with Gasteiger partial charge in [0.15, 0.2) is 0 Å². The molecule has 0 atom stereocenters. The number of hydrogen-bond acceptors (Lipinski definition) is 2. The number of aryl methyl sites for hydroxylation is 1. The summed E-state index contributed by atoms with van der Waals surface area (Å²) in [7, 11) is 1.88. The maximum atomic E-state index is 8.23. The maximum absolute atomic E-state index is 8.23. The Labute approximate surface area is 53.6 Å². The Morgan fingerprint density at radius 3 is 3.11 bits per heavy atom. The molecule has 0 saturated carbocycles. The Balaban J connectivity index is 2.76. The zero-order valence-electron chi connectivity index (χ0n) is 5.20. The second-order valence-corrected chi connectivity index (χ2v) is 1.87. The van der Waals surface area contributed by atoms with Crippen LogP contribution in [0.3, 0.4) is 0 Å². The average molecular weight is 121 g/mol. The van der Waals surface area contributed by atoms with Crippen LogP contribution >= 0.6 is 0 Å². The third-order valence-corrected chi connectivity index (χ3v) is 1.02. The van der Waals surface area contributed by atoms with Gasteiger partial charge in [-0.05, 0) is 0 Å². The van der Waals surface area contributed by atoms with Gasteiger partial charge in [-0.2, -0.15) is 5.26 Å². The van der Waals surface area contributed by atoms with Crippen LogP contribution < -0.4 is 0 Å². The van der Waals surface area contributed by atoms with E-state index in [9.17, 15) is 0 Å². The number of imidazole rings is 1. The molecule has 0 radical (unpaired) electrons. The highest BCUT2D eigenvalue weighted by atomic mass is 15.0. The first-order valence-corrected chi connectivity index (χ1v) is 2.66. The lowest BCUT2D eigenvalue weighted by Crippen LogP contribution is -1.79. The highest BCUT2D eigenvalue weighted by Crippen LogP contribution is 1.92. The minimum Gasteiger partial charge on any atom is -0.340 e. The molecule has 0 aliphatic carbocycles. The fraction of sp³-hybridized carbons (Fsp3) is 0.333. The molecule has 1 aromatic heterocycles. The van der Waals surface area contributed by atoms with Gasteiger partial charge in [0.1, 0.15) is 0 Å². The molecule has 3 heteroatoms. The van der Waals surface area contributed by atoms with Crippen LogP contribution in [0.4, 0.5) is 0 Å². The van der Waals surface area contributed by atoms with Gasteiger partial charge in [-0.1, -0.05) is 0 Å². The molecule has 0 N–H and O–H groups in total. The normalized spacial score (nSPS) is 8.89. The highest BCUT2D eigenvalue weighted by Gasteiger charge is 1.91. The summed E-state index contributed by atoms with van der Waals surface area (Å²) in [5, 5.41) is 8.23. The van der Waals surface area contributed by atoms with Crippen molar-refractivity contribution in [3.8, 4) is 6.07 Å². The second kappa shape index (κ2) is 2.31. The molecule has 1 heterocycles. The fourth-order valence-corrected chi connectivity index (χ4v) is 0.639. The van der Waals surface area contributed by atoms with Crippen molar-refractivity contribution in [1.82, 2.24) is 9.55 Å². The number of nitrogens with zero attached hydrogens (tertiary/aromatic N) is 3. The Hall–Kier alpha value is -1.30. The van der Waals surface area contributed by atoms with Crippen LogP contribution in [0.25, 0.3) is 0 Å². The summed E-state index contributed by atoms with van der Waals surface area (Å²) in [6.45, 7) is 0. The molecule has 1 aromatic rings. The molecule has 0 amide bonds. The van der Waals surface area contributed by atoms with Gasteiger partial charge in [0.05, 0.1) is 24.5 Å². The zero-order chi connectivity index (χ0) is 6.69. The van der Waals surface area contributed by atoms with Crippen LogP contribution in [-0.4, -0.2) is 9.55 Å². The zero-order valence-corrected chi connectivity index (χ0v) is 5.20. The van der Waals surface area contributed by atoms with Crippen LogP contribution in [0.2, 0.25) is 0 Å². The summed E-state index contributed by atoms with van der Waals surface area (Å²) < 4.78 is 1.83. The maximum Gasteiger partial charge on any atom is 0.0947 e. The summed E-state index contributed by atoms with van der Waals surface area (Å²) in [5.74, 6) is 0. The monoisotopic (exact) mass is 121 g/mol. The topological polar surface area (TPSA) is 41.6 Å². The molecule has 0 aliphatic heterocycles. The van der Waals surface area contributed by atoms with Crippen molar-refractivity contribution < 1.29 is 0 Å². The van der Waals surface area contributed by atoms with E-state index in [0.717, 1.165) is 5.69 Å². The predicted octanol–water partition coefficient (Wildman–Crippen LogP) is 0.486. The predicted molar refractivity (Wildman–Crippen MR) is 32.5 cm³/mol. The lowest BCUT2D eigenvalue weighted by atomic mass is 10.4. The first-order valence-electron chi connectivity index (χ1n) is 2.66. The van der Waals surface area contributed by atoms with Gasteiger partial charge >= 0.3 is 0 Å². The van der Waals surface area contributed by atoms with Gasteiger partial charge < -0.3 is 4.57 Å². The average Bonchev–Trinajstić information content (AvgIpc) is 2.17. The van der Waals surface area contributed by atoms with Crippen molar-refractivity contribution in [2.45, 2.75) is 6.42 Å². The summed E-state index contributed by atoms with van der Waals surface area (Å²) >= 11 is 0. The van der Waals surface area contributed by atoms with E-state index in [4.69, 9.17) is 5.26 Å². The quantitative estimate of drug-likeness (QED) is 0.542. The fourth-order valence-electron chi connectivity index (χ4n) is 0.639. The molecule has 0 aliphatic rings. The van der Waals surface area contributed by atoms with E-state index in [-0.39, 0.29) is 0 Å². The molecular weight excluding hydrogens is 114 g/mol. The summed E-state index contributed by atoms with van der Waals surface area (Å²) in [6.07, 6.45) is 3.93. The third-order valence-electron chi connectivity index (χ3n) is 1.02. The molecule has 0 bridgehead atoms. The molecule has 0 aromatic carbocycles. The molecule has 0 saturated heterocycles. The first kappa shape index (κ1) is 5.83. The molecule has 0 spiro atoms. The van der Waals surface area contributed by atoms with Crippen LogP contribution in [0.15, 0.2) is 12.5 Å². The largest absolute Gasteiger partial charge is 0.340 e. The minimum atomic E-state index is 0.404. The minimum absolute atomic E-state index is 0.404. The standard InChI is InChI=1S/C6H7N3/c1-9-4-6(2-3-7)8-5-9/h4-5H,2H2,1H3. The van der Waals surface area contributed by atoms with Crippen molar-refractivity contribution in [1.29, 1.82) is 5.26 Å². The third kappa shape index (κ3) is 1.29. The van der Waals surface area contributed by atoms with Crippen LogP contribution in [0, 0.1) is 11.3 Å². The molecule has 3 nitrogen and oxygen atoms in total. The Morgan fingerprint density at radius 2 is 2.67 bits per heavy atom. The Bertz CT molecular complexity index is 231. The Morgan fingerprint density at radius 1 is 1.89 bits per heavy atom. The number of aromatic nitrogens is 2. The van der Waals surface area contributed by atoms with Gasteiger partial charge in [-0.25, -0.2) is 4.98 Å². The lowest BCUT2D eigenvalue weighted by Gasteiger charge is -1.80. The van der Waals surface area contributed by atoms with Crippen LogP contribution in [0.1, 0.15) is 5.69 Å². The van der Waals surface area contributed by atoms with Crippen LogP contribution in [-0.2, 0) is 13.5 Å². The van der Waals surface area contributed by atoms with E-state index in [1.165, 1.54) is 0 Å². The van der Waals surface area contributed by atoms with E-state index in [0.29, 0.717) is 6.42 Å². The van der Waals surface area contributed by atoms with Crippen molar-refractivity contribution in [2.24, 2.45) is 7.05 Å². The van der Waals surface area contributed by atoms with Gasteiger partial charge in [0, 0.05) is 13.2 Å². The highest BCUT2D eigenvalue weighted by molar-refractivity contribution is 5.02. The molecule has 46 valence electrons. The molecule has 0 unspecified atom stereocenters. The number of rotatable bonds is 1. The van der Waals surface area contributed by atoms with E-state index in [1.807, 2.05) is 23.9 Å². The van der Waals surface area contributed by atoms with Gasteiger partial charge in [0.2, 0.25) is 0 Å². The Kier molecular flexibility index (Phi) is 1.50. The second-order valence-electron chi connectivity index (χ2n) is 1.87. The number of hydrogen-bond donors (Lipinski definition) is 0. The number of nitriles is 1. The van der Waals surface area contributed by atoms with Gasteiger partial charge in [0.25, 0.3) is 0 Å². The van der Waals surface area contributed by atoms with E-state index < -0.39 is 0 Å². The van der Waals surface area contributed by atoms with E-state index in [1.54, 1.807) is 6.33 Å². The van der Waals surface area contributed by atoms with Gasteiger partial charge in [-0.15, -0.1) is 0 Å². The lowest BCUT2D eigenvalue weighted by molar-refractivity contribution is 0.912. The molecule has 1 rings (SSSR count).